The van der Waals surface area contributed by atoms with E-state index in [0.29, 0.717) is 47.1 Å². The number of aryl methyl sites for hydroxylation is 2. The zero-order chi connectivity index (χ0) is 21.3. The molecule has 1 fully saturated rings. The van der Waals surface area contributed by atoms with Crippen molar-refractivity contribution in [3.05, 3.63) is 51.6 Å². The maximum Gasteiger partial charge on any atom is 0.259 e. The van der Waals surface area contributed by atoms with Crippen molar-refractivity contribution in [1.82, 2.24) is 18.6 Å². The molecule has 0 spiro atoms. The lowest BCUT2D eigenvalue weighted by molar-refractivity contribution is -0.120. The zero-order valence-corrected chi connectivity index (χ0v) is 17.9. The van der Waals surface area contributed by atoms with E-state index in [1.807, 2.05) is 0 Å². The number of nitrogens with one attached hydrogen (secondary N) is 1. The Hall–Kier alpha value is -3.18. The molecule has 3 aromatic rings. The molecular formula is C19H18N6O3S2. The third kappa shape index (κ3) is 3.94. The Kier molecular flexibility index (Phi) is 5.55. The molecule has 0 radical (unpaired) electrons. The molecule has 4 heterocycles. The minimum Gasteiger partial charge on any atom is -0.327 e. The highest BCUT2D eigenvalue weighted by Gasteiger charge is 2.30. The zero-order valence-electron chi connectivity index (χ0n) is 16.3. The lowest BCUT2D eigenvalue weighted by Gasteiger charge is -2.34. The molecule has 0 atom stereocenters. The topological polar surface area (TPSA) is 108 Å². The molecule has 4 rings (SSSR count). The first-order valence-corrected chi connectivity index (χ1v) is 10.8. The number of rotatable bonds is 4. The molecule has 3 aromatic heterocycles. The Morgan fingerprint density at radius 1 is 1.03 bits per heavy atom. The van der Waals surface area contributed by atoms with Gasteiger partial charge in [0.2, 0.25) is 5.91 Å². The van der Waals surface area contributed by atoms with Gasteiger partial charge in [0.1, 0.15) is 12.4 Å². The summed E-state index contributed by atoms with van der Waals surface area (Å²) in [5, 5.41) is 6.12. The van der Waals surface area contributed by atoms with E-state index in [0.717, 1.165) is 0 Å². The summed E-state index contributed by atoms with van der Waals surface area (Å²) in [4.78, 5) is 44.9. The Morgan fingerprint density at radius 3 is 2.30 bits per heavy atom. The van der Waals surface area contributed by atoms with Crippen LogP contribution in [0.15, 0.2) is 29.1 Å². The van der Waals surface area contributed by atoms with Crippen molar-refractivity contribution in [3.8, 4) is 0 Å². The molecule has 1 aliphatic heterocycles. The van der Waals surface area contributed by atoms with E-state index in [9.17, 15) is 14.4 Å². The summed E-state index contributed by atoms with van der Waals surface area (Å²) in [6.07, 6.45) is 1.54. The van der Waals surface area contributed by atoms with Gasteiger partial charge in [-0.15, -0.1) is 0 Å². The number of carbonyl (C=O) groups excluding carboxylic acids is 3. The summed E-state index contributed by atoms with van der Waals surface area (Å²) >= 11 is 2.45. The minimum absolute atomic E-state index is 0.00294. The summed E-state index contributed by atoms with van der Waals surface area (Å²) in [6, 6.07) is 3.37. The molecular weight excluding hydrogens is 424 g/mol. The summed E-state index contributed by atoms with van der Waals surface area (Å²) in [5.74, 6) is -0.253. The number of carbonyl (C=O) groups is 3. The fourth-order valence-corrected chi connectivity index (χ4v) is 4.48. The number of anilines is 2. The predicted molar refractivity (Wildman–Crippen MR) is 114 cm³/mol. The number of aromatic nitrogens is 3. The van der Waals surface area contributed by atoms with Crippen molar-refractivity contribution in [1.29, 1.82) is 0 Å². The highest BCUT2D eigenvalue weighted by Crippen LogP contribution is 2.21. The molecule has 0 saturated carbocycles. The smallest absolute Gasteiger partial charge is 0.259 e. The minimum atomic E-state index is -0.275. The number of hydrogen-bond donors (Lipinski definition) is 1. The highest BCUT2D eigenvalue weighted by molar-refractivity contribution is 7.04. The third-order valence-electron chi connectivity index (χ3n) is 4.78. The van der Waals surface area contributed by atoms with Crippen LogP contribution >= 0.6 is 23.1 Å². The van der Waals surface area contributed by atoms with Gasteiger partial charge in [-0.25, -0.2) is 4.98 Å². The lowest BCUT2D eigenvalue weighted by atomic mass is 10.2. The standard InChI is InChI=1S/C19H18N6O3S2/c1-11-14(9-29-22-11)18(27)21-16-4-3-13(7-20-16)25-6-5-24(8-17(25)26)19(28)15-10-30-23-12(15)2/h3-4,7,9-10H,5-6,8H2,1-2H3,(H,20,21,27). The van der Waals surface area contributed by atoms with Crippen molar-refractivity contribution in [2.75, 3.05) is 29.9 Å². The third-order valence-corrected chi connectivity index (χ3v) is 6.22. The van der Waals surface area contributed by atoms with Crippen molar-refractivity contribution < 1.29 is 14.4 Å². The van der Waals surface area contributed by atoms with E-state index in [-0.39, 0.29) is 24.3 Å². The average molecular weight is 443 g/mol. The first-order valence-electron chi connectivity index (χ1n) is 9.13. The second kappa shape index (κ2) is 8.28. The monoisotopic (exact) mass is 442 g/mol. The summed E-state index contributed by atoms with van der Waals surface area (Å²) in [6.45, 7) is 4.34. The number of piperazine rings is 1. The molecule has 1 N–H and O–H groups in total. The van der Waals surface area contributed by atoms with Crippen LogP contribution < -0.4 is 10.2 Å². The van der Waals surface area contributed by atoms with Gasteiger partial charge in [-0.2, -0.15) is 8.75 Å². The van der Waals surface area contributed by atoms with Crippen LogP contribution in [0.4, 0.5) is 11.5 Å². The molecule has 0 unspecified atom stereocenters. The number of pyridine rings is 1. The fraction of sp³-hybridized carbons (Fsp3) is 0.263. The van der Waals surface area contributed by atoms with Crippen LogP contribution in [0.2, 0.25) is 0 Å². The van der Waals surface area contributed by atoms with Gasteiger partial charge in [0, 0.05) is 23.8 Å². The molecule has 9 nitrogen and oxygen atoms in total. The molecule has 0 aliphatic carbocycles. The highest BCUT2D eigenvalue weighted by atomic mass is 32.1. The predicted octanol–water partition coefficient (Wildman–Crippen LogP) is 2.35. The van der Waals surface area contributed by atoms with Crippen molar-refractivity contribution in [3.63, 3.8) is 0 Å². The lowest BCUT2D eigenvalue weighted by Crippen LogP contribution is -2.52. The maximum atomic E-state index is 12.6. The molecule has 0 aromatic carbocycles. The van der Waals surface area contributed by atoms with Crippen LogP contribution in [0.3, 0.4) is 0 Å². The second-order valence-electron chi connectivity index (χ2n) is 6.76. The Bertz CT molecular complexity index is 1110. The Labute approximate surface area is 180 Å². The fourth-order valence-electron chi connectivity index (χ4n) is 3.10. The van der Waals surface area contributed by atoms with Crippen molar-refractivity contribution >= 4 is 52.3 Å². The van der Waals surface area contributed by atoms with E-state index in [2.05, 4.69) is 19.0 Å². The summed E-state index contributed by atoms with van der Waals surface area (Å²) in [7, 11) is 0. The first-order chi connectivity index (χ1) is 14.4. The van der Waals surface area contributed by atoms with E-state index < -0.39 is 0 Å². The normalized spacial score (nSPS) is 14.1. The number of nitrogens with zero attached hydrogens (tertiary/aromatic N) is 5. The van der Waals surface area contributed by atoms with Gasteiger partial charge < -0.3 is 15.1 Å². The second-order valence-corrected chi connectivity index (χ2v) is 8.01. The van der Waals surface area contributed by atoms with Crippen LogP contribution in [-0.4, -0.2) is 56.0 Å². The van der Waals surface area contributed by atoms with Gasteiger partial charge in [0.15, 0.2) is 0 Å². The molecule has 30 heavy (non-hydrogen) atoms. The van der Waals surface area contributed by atoms with E-state index in [4.69, 9.17) is 0 Å². The van der Waals surface area contributed by atoms with Gasteiger partial charge >= 0.3 is 0 Å². The van der Waals surface area contributed by atoms with Crippen LogP contribution in [0.1, 0.15) is 32.1 Å². The summed E-state index contributed by atoms with van der Waals surface area (Å²) in [5.41, 5.74) is 3.01. The van der Waals surface area contributed by atoms with E-state index >= 15 is 0 Å². The van der Waals surface area contributed by atoms with E-state index in [1.165, 1.54) is 34.2 Å². The van der Waals surface area contributed by atoms with Gasteiger partial charge in [-0.05, 0) is 49.0 Å². The van der Waals surface area contributed by atoms with Gasteiger partial charge in [-0.1, -0.05) is 0 Å². The maximum absolute atomic E-state index is 12.6. The number of amides is 3. The van der Waals surface area contributed by atoms with Crippen LogP contribution in [-0.2, 0) is 4.79 Å². The molecule has 0 bridgehead atoms. The van der Waals surface area contributed by atoms with Crippen molar-refractivity contribution in [2.24, 2.45) is 0 Å². The van der Waals surface area contributed by atoms with Crippen LogP contribution in [0.25, 0.3) is 0 Å². The van der Waals surface area contributed by atoms with Gasteiger partial charge in [0.05, 0.1) is 34.4 Å². The molecule has 1 aliphatic rings. The molecule has 1 saturated heterocycles. The van der Waals surface area contributed by atoms with Gasteiger partial charge in [-0.3, -0.25) is 14.4 Å². The molecule has 154 valence electrons. The SMILES string of the molecule is Cc1nscc1C(=O)Nc1ccc(N2CCN(C(=O)c3csnc3C)CC2=O)cn1. The largest absolute Gasteiger partial charge is 0.327 e. The van der Waals surface area contributed by atoms with Crippen LogP contribution in [0.5, 0.6) is 0 Å². The van der Waals surface area contributed by atoms with Gasteiger partial charge in [0.25, 0.3) is 11.8 Å². The van der Waals surface area contributed by atoms with Crippen LogP contribution in [0, 0.1) is 13.8 Å². The Morgan fingerprint density at radius 2 is 1.73 bits per heavy atom. The van der Waals surface area contributed by atoms with Crippen molar-refractivity contribution in [2.45, 2.75) is 13.8 Å². The number of hydrogen-bond acceptors (Lipinski definition) is 8. The first kappa shape index (κ1) is 20.1. The molecule has 3 amide bonds. The molecule has 11 heteroatoms. The average Bonchev–Trinajstić information content (AvgIpc) is 3.36. The summed E-state index contributed by atoms with van der Waals surface area (Å²) < 4.78 is 8.21. The Balaban J connectivity index is 1.40. The quantitative estimate of drug-likeness (QED) is 0.664. The van der Waals surface area contributed by atoms with E-state index in [1.54, 1.807) is 41.6 Å².